The van der Waals surface area contributed by atoms with Crippen molar-refractivity contribution in [3.8, 4) is 5.75 Å². The Hall–Kier alpha value is -1.88. The molecule has 1 amide bonds. The molecule has 0 saturated carbocycles. The van der Waals surface area contributed by atoms with Crippen molar-refractivity contribution >= 4 is 51.5 Å². The van der Waals surface area contributed by atoms with E-state index in [9.17, 15) is 18.0 Å². The summed E-state index contributed by atoms with van der Waals surface area (Å²) < 4.78 is 44.7. The first-order chi connectivity index (χ1) is 11.7. The molecule has 0 aliphatic rings. The van der Waals surface area contributed by atoms with Gasteiger partial charge in [-0.2, -0.15) is 13.2 Å². The van der Waals surface area contributed by atoms with E-state index in [-0.39, 0.29) is 10.8 Å². The average Bonchev–Trinajstić information content (AvgIpc) is 2.55. The van der Waals surface area contributed by atoms with Crippen LogP contribution in [0.3, 0.4) is 0 Å². The number of hydrogen-bond acceptors (Lipinski definition) is 3. The highest BCUT2D eigenvalue weighted by Gasteiger charge is 2.34. The summed E-state index contributed by atoms with van der Waals surface area (Å²) in [6.45, 7) is 0. The molecule has 0 heterocycles. The largest absolute Gasteiger partial charge is 0.497 e. The van der Waals surface area contributed by atoms with Crippen molar-refractivity contribution in [2.75, 3.05) is 12.4 Å². The van der Waals surface area contributed by atoms with Crippen LogP contribution in [0.25, 0.3) is 0 Å². The quantitative estimate of drug-likeness (QED) is 0.504. The first-order valence-corrected chi connectivity index (χ1v) is 8.32. The molecule has 0 aromatic heterocycles. The van der Waals surface area contributed by atoms with Crippen molar-refractivity contribution in [1.82, 2.24) is 5.32 Å². The number of methoxy groups -OCH3 is 1. The lowest BCUT2D eigenvalue weighted by atomic mass is 10.1. The average molecular weight is 480 g/mol. The summed E-state index contributed by atoms with van der Waals surface area (Å²) in [5.74, 6) is 0.0326. The van der Waals surface area contributed by atoms with Crippen LogP contribution in [0.5, 0.6) is 5.75 Å². The lowest BCUT2D eigenvalue weighted by molar-refractivity contribution is -0.137. The molecule has 0 spiro atoms. The molecule has 2 aromatic carbocycles. The number of hydrogen-bond donors (Lipinski definition) is 2. The second-order valence-electron chi connectivity index (χ2n) is 4.82. The molecule has 2 aromatic rings. The topological polar surface area (TPSA) is 50.4 Å². The van der Waals surface area contributed by atoms with Gasteiger partial charge < -0.3 is 10.1 Å². The fourth-order valence-corrected chi connectivity index (χ4v) is 2.63. The molecule has 25 heavy (non-hydrogen) atoms. The van der Waals surface area contributed by atoms with Crippen LogP contribution in [-0.4, -0.2) is 18.1 Å². The van der Waals surface area contributed by atoms with Crippen LogP contribution in [0, 0.1) is 3.57 Å². The Morgan fingerprint density at radius 2 is 1.80 bits per heavy atom. The van der Waals surface area contributed by atoms with Gasteiger partial charge in [0, 0.05) is 9.13 Å². The molecule has 2 rings (SSSR count). The van der Waals surface area contributed by atoms with Crippen molar-refractivity contribution in [1.29, 1.82) is 0 Å². The predicted octanol–water partition coefficient (Wildman–Crippen LogP) is 4.45. The van der Waals surface area contributed by atoms with Gasteiger partial charge in [-0.1, -0.05) is 0 Å². The highest BCUT2D eigenvalue weighted by molar-refractivity contribution is 14.1. The summed E-state index contributed by atoms with van der Waals surface area (Å²) in [5, 5.41) is 4.54. The minimum atomic E-state index is -4.54. The van der Waals surface area contributed by atoms with Crippen LogP contribution in [0.15, 0.2) is 42.5 Å². The predicted molar refractivity (Wildman–Crippen MR) is 101 cm³/mol. The summed E-state index contributed by atoms with van der Waals surface area (Å²) in [4.78, 5) is 12.1. The van der Waals surface area contributed by atoms with Crippen molar-refractivity contribution in [3.05, 3.63) is 57.2 Å². The van der Waals surface area contributed by atoms with E-state index in [2.05, 4.69) is 10.6 Å². The van der Waals surface area contributed by atoms with E-state index in [4.69, 9.17) is 17.0 Å². The number of alkyl halides is 3. The SMILES string of the molecule is COc1ccc(C(=O)NC(=S)Nc2ccc(I)cc2C(F)(F)F)cc1. The van der Waals surface area contributed by atoms with E-state index in [1.54, 1.807) is 34.7 Å². The van der Waals surface area contributed by atoms with Gasteiger partial charge in [-0.05, 0) is 77.3 Å². The number of halogens is 4. The molecule has 0 atom stereocenters. The van der Waals surface area contributed by atoms with Crippen molar-refractivity contribution < 1.29 is 22.7 Å². The minimum Gasteiger partial charge on any atom is -0.497 e. The van der Waals surface area contributed by atoms with E-state index in [1.165, 1.54) is 31.4 Å². The van der Waals surface area contributed by atoms with Crippen molar-refractivity contribution in [3.63, 3.8) is 0 Å². The van der Waals surface area contributed by atoms with Gasteiger partial charge in [0.15, 0.2) is 5.11 Å². The molecule has 0 unspecified atom stereocenters. The maximum Gasteiger partial charge on any atom is 0.418 e. The van der Waals surface area contributed by atoms with Crippen molar-refractivity contribution in [2.24, 2.45) is 0 Å². The van der Waals surface area contributed by atoms with Gasteiger partial charge in [0.2, 0.25) is 0 Å². The zero-order valence-corrected chi connectivity index (χ0v) is 15.8. The van der Waals surface area contributed by atoms with Gasteiger partial charge in [0.1, 0.15) is 5.75 Å². The molecule has 2 N–H and O–H groups in total. The van der Waals surface area contributed by atoms with Crippen LogP contribution in [-0.2, 0) is 6.18 Å². The number of carbonyl (C=O) groups excluding carboxylic acids is 1. The second kappa shape index (κ2) is 8.00. The third-order valence-electron chi connectivity index (χ3n) is 3.11. The number of nitrogens with one attached hydrogen (secondary N) is 2. The molecule has 4 nitrogen and oxygen atoms in total. The summed E-state index contributed by atoms with van der Waals surface area (Å²) in [6.07, 6.45) is -4.54. The number of anilines is 1. The van der Waals surface area contributed by atoms with Crippen LogP contribution >= 0.6 is 34.8 Å². The Morgan fingerprint density at radius 1 is 1.16 bits per heavy atom. The number of amides is 1. The molecule has 0 bridgehead atoms. The van der Waals surface area contributed by atoms with Crippen LogP contribution in [0.1, 0.15) is 15.9 Å². The first-order valence-electron chi connectivity index (χ1n) is 6.84. The van der Waals surface area contributed by atoms with Crippen LogP contribution in [0.4, 0.5) is 18.9 Å². The van der Waals surface area contributed by atoms with E-state index < -0.39 is 17.6 Å². The van der Waals surface area contributed by atoms with Gasteiger partial charge in [-0.3, -0.25) is 10.1 Å². The second-order valence-corrected chi connectivity index (χ2v) is 6.48. The minimum absolute atomic E-state index is 0.229. The monoisotopic (exact) mass is 480 g/mol. The fourth-order valence-electron chi connectivity index (χ4n) is 1.93. The van der Waals surface area contributed by atoms with Gasteiger partial charge >= 0.3 is 6.18 Å². The number of carbonyl (C=O) groups is 1. The molecule has 132 valence electrons. The van der Waals surface area contributed by atoms with Gasteiger partial charge in [0.25, 0.3) is 5.91 Å². The molecular weight excluding hydrogens is 468 g/mol. The highest BCUT2D eigenvalue weighted by atomic mass is 127. The summed E-state index contributed by atoms with van der Waals surface area (Å²) in [6, 6.07) is 9.98. The lowest BCUT2D eigenvalue weighted by Crippen LogP contribution is -2.34. The van der Waals surface area contributed by atoms with E-state index in [0.717, 1.165) is 6.07 Å². The number of thiocarbonyl (C=S) groups is 1. The lowest BCUT2D eigenvalue weighted by Gasteiger charge is -2.16. The highest BCUT2D eigenvalue weighted by Crippen LogP contribution is 2.35. The molecule has 0 fully saturated rings. The normalized spacial score (nSPS) is 10.9. The first kappa shape index (κ1) is 19.4. The van der Waals surface area contributed by atoms with E-state index >= 15 is 0 Å². The summed E-state index contributed by atoms with van der Waals surface area (Å²) in [5.41, 5.74) is -0.794. The van der Waals surface area contributed by atoms with E-state index in [0.29, 0.717) is 14.9 Å². The summed E-state index contributed by atoms with van der Waals surface area (Å²) >= 11 is 6.73. The van der Waals surface area contributed by atoms with Gasteiger partial charge in [-0.25, -0.2) is 0 Å². The number of rotatable bonds is 3. The Balaban J connectivity index is 2.11. The van der Waals surface area contributed by atoms with Crippen molar-refractivity contribution in [2.45, 2.75) is 6.18 Å². The maximum absolute atomic E-state index is 13.1. The third-order valence-corrected chi connectivity index (χ3v) is 3.99. The van der Waals surface area contributed by atoms with Gasteiger partial charge in [-0.15, -0.1) is 0 Å². The van der Waals surface area contributed by atoms with Crippen LogP contribution < -0.4 is 15.4 Å². The zero-order valence-electron chi connectivity index (χ0n) is 12.8. The summed E-state index contributed by atoms with van der Waals surface area (Å²) in [7, 11) is 1.49. The Kier molecular flexibility index (Phi) is 6.22. The smallest absolute Gasteiger partial charge is 0.418 e. The molecule has 0 aliphatic carbocycles. The molecule has 0 aliphatic heterocycles. The molecule has 0 radical (unpaired) electrons. The fraction of sp³-hybridized carbons (Fsp3) is 0.125. The molecule has 9 heteroatoms. The number of ether oxygens (including phenoxy) is 1. The van der Waals surface area contributed by atoms with Crippen LogP contribution in [0.2, 0.25) is 0 Å². The molecular formula is C16H12F3IN2O2S. The molecule has 0 saturated heterocycles. The Morgan fingerprint density at radius 3 is 2.36 bits per heavy atom. The Labute approximate surface area is 160 Å². The van der Waals surface area contributed by atoms with E-state index in [1.807, 2.05) is 0 Å². The van der Waals surface area contributed by atoms with Gasteiger partial charge in [0.05, 0.1) is 18.4 Å². The maximum atomic E-state index is 13.1. The zero-order chi connectivity index (χ0) is 18.6. The standard InChI is InChI=1S/C16H12F3IN2O2S/c1-24-11-5-2-9(3-6-11)14(23)22-15(25)21-13-7-4-10(20)8-12(13)16(17,18)19/h2-8H,1H3,(H2,21,22,23,25). The Bertz CT molecular complexity index is 795. The third kappa shape index (κ3) is 5.30. The number of benzene rings is 2.